The quantitative estimate of drug-likeness (QED) is 0.477. The number of aryl methyl sites for hydroxylation is 2. The molecule has 0 fully saturated rings. The summed E-state index contributed by atoms with van der Waals surface area (Å²) in [5.74, 6) is 2.14. The van der Waals surface area contributed by atoms with Gasteiger partial charge in [-0.15, -0.1) is 0 Å². The molecule has 4 rings (SSSR count). The zero-order valence-corrected chi connectivity index (χ0v) is 17.4. The molecular weight excluding hydrogens is 388 g/mol. The summed E-state index contributed by atoms with van der Waals surface area (Å²) in [7, 11) is 3.24. The van der Waals surface area contributed by atoms with Crippen LogP contribution >= 0.6 is 11.6 Å². The number of rotatable bonds is 5. The third-order valence-corrected chi connectivity index (χ3v) is 4.94. The molecule has 0 bridgehead atoms. The normalized spacial score (nSPS) is 10.9. The minimum atomic E-state index is 0.655. The maximum atomic E-state index is 6.13. The highest BCUT2D eigenvalue weighted by Gasteiger charge is 2.17. The highest BCUT2D eigenvalue weighted by atomic mass is 35.5. The molecule has 0 aliphatic heterocycles. The smallest absolute Gasteiger partial charge is 0.161 e. The third-order valence-electron chi connectivity index (χ3n) is 4.70. The van der Waals surface area contributed by atoms with Crippen molar-refractivity contribution in [2.24, 2.45) is 0 Å². The van der Waals surface area contributed by atoms with Gasteiger partial charge in [0.25, 0.3) is 0 Å². The van der Waals surface area contributed by atoms with Crippen LogP contribution in [0.25, 0.3) is 16.9 Å². The average Bonchev–Trinajstić information content (AvgIpc) is 3.04. The fourth-order valence-electron chi connectivity index (χ4n) is 3.31. The first-order valence-corrected chi connectivity index (χ1v) is 9.50. The van der Waals surface area contributed by atoms with Gasteiger partial charge in [0.2, 0.25) is 0 Å². The molecule has 2 heterocycles. The Morgan fingerprint density at radius 2 is 1.76 bits per heavy atom. The lowest BCUT2D eigenvalue weighted by atomic mass is 10.1. The number of nitrogens with zero attached hydrogens (tertiary/aromatic N) is 3. The molecule has 7 heteroatoms. The highest BCUT2D eigenvalue weighted by Crippen LogP contribution is 2.34. The standard InChI is InChI=1S/C22H21ClN4O2/c1-13-10-20(25-17-7-5-6-16(23)12-17)27-22(24-13)14(2)21(26-27)15-8-9-18(28-3)19(11-15)29-4/h5-12,25H,1-4H3. The van der Waals surface area contributed by atoms with Gasteiger partial charge in [0, 0.05) is 33.6 Å². The molecule has 0 aliphatic rings. The third kappa shape index (κ3) is 3.59. The Kier molecular flexibility index (Phi) is 5.03. The molecule has 148 valence electrons. The second-order valence-corrected chi connectivity index (χ2v) is 7.13. The summed E-state index contributed by atoms with van der Waals surface area (Å²) in [6.45, 7) is 3.98. The highest BCUT2D eigenvalue weighted by molar-refractivity contribution is 6.30. The number of benzene rings is 2. The lowest BCUT2D eigenvalue weighted by molar-refractivity contribution is 0.355. The number of anilines is 2. The van der Waals surface area contributed by atoms with Crippen LogP contribution in [0.4, 0.5) is 11.5 Å². The Labute approximate surface area is 174 Å². The van der Waals surface area contributed by atoms with Gasteiger partial charge in [0.05, 0.1) is 19.9 Å². The van der Waals surface area contributed by atoms with E-state index in [0.717, 1.165) is 39.7 Å². The predicted octanol–water partition coefficient (Wildman–Crippen LogP) is 5.43. The molecule has 1 N–H and O–H groups in total. The van der Waals surface area contributed by atoms with Gasteiger partial charge in [0.1, 0.15) is 5.82 Å². The first-order chi connectivity index (χ1) is 14.0. The van der Waals surface area contributed by atoms with Gasteiger partial charge >= 0.3 is 0 Å². The van der Waals surface area contributed by atoms with E-state index in [0.29, 0.717) is 16.5 Å². The van der Waals surface area contributed by atoms with Crippen LogP contribution in [0.5, 0.6) is 11.5 Å². The molecule has 0 unspecified atom stereocenters. The summed E-state index contributed by atoms with van der Waals surface area (Å²) in [5.41, 5.74) is 5.30. The van der Waals surface area contributed by atoms with Crippen LogP contribution in [-0.2, 0) is 0 Å². The number of ether oxygens (including phenoxy) is 2. The van der Waals surface area contributed by atoms with Crippen LogP contribution in [0.1, 0.15) is 11.3 Å². The van der Waals surface area contributed by atoms with Crippen LogP contribution in [0, 0.1) is 13.8 Å². The zero-order valence-electron chi connectivity index (χ0n) is 16.7. The van der Waals surface area contributed by atoms with Crippen molar-refractivity contribution in [3.05, 3.63) is 64.8 Å². The molecule has 0 saturated heterocycles. The summed E-state index contributed by atoms with van der Waals surface area (Å²) in [4.78, 5) is 4.70. The maximum Gasteiger partial charge on any atom is 0.161 e. The van der Waals surface area contributed by atoms with E-state index in [-0.39, 0.29) is 0 Å². The Morgan fingerprint density at radius 1 is 0.966 bits per heavy atom. The second kappa shape index (κ2) is 7.64. The molecular formula is C22H21ClN4O2. The molecule has 0 saturated carbocycles. The molecule has 4 aromatic rings. The van der Waals surface area contributed by atoms with Gasteiger partial charge in [-0.25, -0.2) is 4.98 Å². The minimum Gasteiger partial charge on any atom is -0.493 e. The molecule has 2 aromatic carbocycles. The largest absolute Gasteiger partial charge is 0.493 e. The minimum absolute atomic E-state index is 0.655. The number of hydrogen-bond acceptors (Lipinski definition) is 5. The summed E-state index contributed by atoms with van der Waals surface area (Å²) in [5, 5.41) is 8.89. The van der Waals surface area contributed by atoms with Crippen LogP contribution in [0.15, 0.2) is 48.5 Å². The maximum absolute atomic E-state index is 6.13. The molecule has 0 spiro atoms. The number of hydrogen-bond donors (Lipinski definition) is 1. The Balaban J connectivity index is 1.85. The van der Waals surface area contributed by atoms with Crippen molar-refractivity contribution in [3.63, 3.8) is 0 Å². The van der Waals surface area contributed by atoms with Crippen molar-refractivity contribution in [2.45, 2.75) is 13.8 Å². The van der Waals surface area contributed by atoms with E-state index in [1.165, 1.54) is 0 Å². The number of aromatic nitrogens is 3. The van der Waals surface area contributed by atoms with Crippen molar-refractivity contribution in [2.75, 3.05) is 19.5 Å². The number of halogens is 1. The van der Waals surface area contributed by atoms with E-state index in [1.807, 2.05) is 66.9 Å². The van der Waals surface area contributed by atoms with Gasteiger partial charge in [-0.2, -0.15) is 9.61 Å². The summed E-state index contributed by atoms with van der Waals surface area (Å²) in [6, 6.07) is 15.3. The SMILES string of the molecule is COc1ccc(-c2nn3c(Nc4cccc(Cl)c4)cc(C)nc3c2C)cc1OC. The van der Waals surface area contributed by atoms with E-state index in [4.69, 9.17) is 31.2 Å². The molecule has 0 aliphatic carbocycles. The Morgan fingerprint density at radius 3 is 2.48 bits per heavy atom. The summed E-state index contributed by atoms with van der Waals surface area (Å²) in [6.07, 6.45) is 0. The number of fused-ring (bicyclic) bond motifs is 1. The summed E-state index contributed by atoms with van der Waals surface area (Å²) < 4.78 is 12.6. The van der Waals surface area contributed by atoms with Crippen LogP contribution in [-0.4, -0.2) is 28.8 Å². The molecule has 0 radical (unpaired) electrons. The van der Waals surface area contributed by atoms with Crippen molar-refractivity contribution in [1.82, 2.24) is 14.6 Å². The molecule has 0 amide bonds. The van der Waals surface area contributed by atoms with Gasteiger partial charge < -0.3 is 14.8 Å². The molecule has 2 aromatic heterocycles. The second-order valence-electron chi connectivity index (χ2n) is 6.70. The van der Waals surface area contributed by atoms with Crippen molar-refractivity contribution < 1.29 is 9.47 Å². The first kappa shape index (κ1) is 19.1. The van der Waals surface area contributed by atoms with Crippen molar-refractivity contribution in [1.29, 1.82) is 0 Å². The van der Waals surface area contributed by atoms with Crippen molar-refractivity contribution >= 4 is 28.8 Å². The van der Waals surface area contributed by atoms with E-state index >= 15 is 0 Å². The Hall–Kier alpha value is -3.25. The lowest BCUT2D eigenvalue weighted by Gasteiger charge is -2.09. The van der Waals surface area contributed by atoms with Gasteiger partial charge in [-0.3, -0.25) is 0 Å². The fourth-order valence-corrected chi connectivity index (χ4v) is 3.50. The van der Waals surface area contributed by atoms with Gasteiger partial charge in [-0.1, -0.05) is 17.7 Å². The van der Waals surface area contributed by atoms with E-state index in [1.54, 1.807) is 14.2 Å². The number of methoxy groups -OCH3 is 2. The zero-order chi connectivity index (χ0) is 20.5. The Bertz CT molecular complexity index is 1200. The van der Waals surface area contributed by atoms with E-state index in [9.17, 15) is 0 Å². The topological polar surface area (TPSA) is 60.7 Å². The fraction of sp³-hybridized carbons (Fsp3) is 0.182. The number of nitrogens with one attached hydrogen (secondary N) is 1. The van der Waals surface area contributed by atoms with Crippen LogP contribution in [0.3, 0.4) is 0 Å². The van der Waals surface area contributed by atoms with E-state index < -0.39 is 0 Å². The van der Waals surface area contributed by atoms with Crippen molar-refractivity contribution in [3.8, 4) is 22.8 Å². The molecule has 29 heavy (non-hydrogen) atoms. The van der Waals surface area contributed by atoms with Gasteiger partial charge in [-0.05, 0) is 50.2 Å². The lowest BCUT2D eigenvalue weighted by Crippen LogP contribution is -2.02. The molecule has 0 atom stereocenters. The molecule has 6 nitrogen and oxygen atoms in total. The monoisotopic (exact) mass is 408 g/mol. The first-order valence-electron chi connectivity index (χ1n) is 9.12. The predicted molar refractivity (Wildman–Crippen MR) is 116 cm³/mol. The van der Waals surface area contributed by atoms with Crippen LogP contribution in [0.2, 0.25) is 5.02 Å². The van der Waals surface area contributed by atoms with Crippen LogP contribution < -0.4 is 14.8 Å². The summed E-state index contributed by atoms with van der Waals surface area (Å²) >= 11 is 6.13. The average molecular weight is 409 g/mol. The van der Waals surface area contributed by atoms with Gasteiger partial charge in [0.15, 0.2) is 17.1 Å². The van der Waals surface area contributed by atoms with E-state index in [2.05, 4.69) is 5.32 Å².